The Morgan fingerprint density at radius 2 is 2.12 bits per heavy atom. The maximum Gasteiger partial charge on any atom is 0.211 e. The van der Waals surface area contributed by atoms with Crippen molar-refractivity contribution in [2.45, 2.75) is 13.3 Å². The first kappa shape index (κ1) is 13.4. The monoisotopic (exact) mass is 265 g/mol. The van der Waals surface area contributed by atoms with Gasteiger partial charge in [0.05, 0.1) is 5.75 Å². The van der Waals surface area contributed by atoms with Crippen molar-refractivity contribution < 1.29 is 12.8 Å². The third-order valence-electron chi connectivity index (χ3n) is 2.14. The summed E-state index contributed by atoms with van der Waals surface area (Å²) in [6.45, 7) is 1.69. The molecule has 3 nitrogen and oxygen atoms in total. The molecule has 0 aliphatic heterocycles. The molecule has 0 fully saturated rings. The Bertz CT molecular complexity index is 442. The summed E-state index contributed by atoms with van der Waals surface area (Å²) in [5.41, 5.74) is 0.336. The highest BCUT2D eigenvalue weighted by molar-refractivity contribution is 7.89. The number of hydrogen-bond donors (Lipinski definition) is 1. The molecule has 0 aliphatic carbocycles. The molecule has 0 bridgehead atoms. The second kappa shape index (κ2) is 5.61. The molecule has 0 heterocycles. The fourth-order valence-electron chi connectivity index (χ4n) is 1.20. The third-order valence-corrected chi connectivity index (χ3v) is 3.90. The number of rotatable bonds is 5. The molecule has 16 heavy (non-hydrogen) atoms. The molecule has 0 radical (unpaired) electrons. The van der Waals surface area contributed by atoms with Gasteiger partial charge in [0.15, 0.2) is 0 Å². The van der Waals surface area contributed by atoms with E-state index in [9.17, 15) is 12.8 Å². The molecule has 0 spiro atoms. The fraction of sp³-hybridized carbons (Fsp3) is 0.400. The summed E-state index contributed by atoms with van der Waals surface area (Å²) in [7, 11) is -3.23. The van der Waals surface area contributed by atoms with Crippen LogP contribution in [0.4, 0.5) is 4.39 Å². The largest absolute Gasteiger partial charge is 0.215 e. The molecular weight excluding hydrogens is 253 g/mol. The molecule has 1 rings (SSSR count). The van der Waals surface area contributed by atoms with Crippen LogP contribution in [0, 0.1) is 5.82 Å². The Morgan fingerprint density at radius 1 is 1.44 bits per heavy atom. The van der Waals surface area contributed by atoms with E-state index in [0.717, 1.165) is 0 Å². The summed E-state index contributed by atoms with van der Waals surface area (Å²) >= 11 is 5.80. The number of hydrogen-bond acceptors (Lipinski definition) is 2. The van der Waals surface area contributed by atoms with Crippen LogP contribution in [0.25, 0.3) is 0 Å². The van der Waals surface area contributed by atoms with Crippen molar-refractivity contribution in [1.82, 2.24) is 4.72 Å². The van der Waals surface area contributed by atoms with Gasteiger partial charge in [0.1, 0.15) is 5.82 Å². The van der Waals surface area contributed by atoms with Crippen LogP contribution < -0.4 is 4.72 Å². The van der Waals surface area contributed by atoms with E-state index in [0.29, 0.717) is 10.6 Å². The maximum absolute atomic E-state index is 13.3. The molecule has 0 amide bonds. The van der Waals surface area contributed by atoms with E-state index in [4.69, 9.17) is 11.6 Å². The molecule has 1 N–H and O–H groups in total. The van der Waals surface area contributed by atoms with Gasteiger partial charge in [-0.25, -0.2) is 17.5 Å². The van der Waals surface area contributed by atoms with E-state index in [2.05, 4.69) is 4.72 Å². The second-order valence-corrected chi connectivity index (χ2v) is 5.75. The summed E-state index contributed by atoms with van der Waals surface area (Å²) in [5, 5.41) is 0.315. The summed E-state index contributed by atoms with van der Waals surface area (Å²) in [4.78, 5) is 0. The smallest absolute Gasteiger partial charge is 0.211 e. The standard InChI is InChI=1S/C10H13ClFNO2S/c1-2-16(14,15)13-7-6-8-9(11)4-3-5-10(8)12/h3-5,13H,2,6-7H2,1H3. The quantitative estimate of drug-likeness (QED) is 0.885. The van der Waals surface area contributed by atoms with Crippen LogP contribution in [-0.2, 0) is 16.4 Å². The highest BCUT2D eigenvalue weighted by Crippen LogP contribution is 2.18. The van der Waals surface area contributed by atoms with Gasteiger partial charge in [0.25, 0.3) is 0 Å². The van der Waals surface area contributed by atoms with Crippen LogP contribution in [-0.4, -0.2) is 20.7 Å². The summed E-state index contributed by atoms with van der Waals surface area (Å²) in [6.07, 6.45) is 0.241. The zero-order valence-corrected chi connectivity index (χ0v) is 10.4. The van der Waals surface area contributed by atoms with Crippen LogP contribution in [0.3, 0.4) is 0 Å². The van der Waals surface area contributed by atoms with Gasteiger partial charge in [-0.15, -0.1) is 0 Å². The van der Waals surface area contributed by atoms with Gasteiger partial charge in [-0.3, -0.25) is 0 Å². The predicted octanol–water partition coefficient (Wildman–Crippen LogP) is 1.96. The normalized spacial score (nSPS) is 11.7. The second-order valence-electron chi connectivity index (χ2n) is 3.25. The summed E-state index contributed by atoms with van der Waals surface area (Å²) < 4.78 is 37.9. The van der Waals surface area contributed by atoms with E-state index in [1.165, 1.54) is 12.1 Å². The predicted molar refractivity (Wildman–Crippen MR) is 62.6 cm³/mol. The lowest BCUT2D eigenvalue weighted by Crippen LogP contribution is -2.27. The highest BCUT2D eigenvalue weighted by Gasteiger charge is 2.09. The molecule has 0 atom stereocenters. The number of halogens is 2. The van der Waals surface area contributed by atoms with E-state index >= 15 is 0 Å². The van der Waals surface area contributed by atoms with Gasteiger partial charge < -0.3 is 0 Å². The highest BCUT2D eigenvalue weighted by atomic mass is 35.5. The van der Waals surface area contributed by atoms with Gasteiger partial charge >= 0.3 is 0 Å². The molecule has 0 aromatic heterocycles. The maximum atomic E-state index is 13.3. The van der Waals surface area contributed by atoms with Crippen LogP contribution in [0.5, 0.6) is 0 Å². The minimum Gasteiger partial charge on any atom is -0.215 e. The first-order valence-corrected chi connectivity index (χ1v) is 6.89. The summed E-state index contributed by atoms with van der Waals surface area (Å²) in [6, 6.07) is 4.39. The first-order valence-electron chi connectivity index (χ1n) is 4.86. The van der Waals surface area contributed by atoms with Crippen LogP contribution in [0.1, 0.15) is 12.5 Å². The molecule has 90 valence electrons. The van der Waals surface area contributed by atoms with Crippen molar-refractivity contribution in [3.05, 3.63) is 34.6 Å². The molecule has 6 heteroatoms. The zero-order valence-electron chi connectivity index (χ0n) is 8.83. The minimum absolute atomic E-state index is 0.0119. The van der Waals surface area contributed by atoms with Gasteiger partial charge in [-0.1, -0.05) is 17.7 Å². The van der Waals surface area contributed by atoms with Crippen LogP contribution in [0.2, 0.25) is 5.02 Å². The SMILES string of the molecule is CCS(=O)(=O)NCCc1c(F)cccc1Cl. The molecular formula is C10H13ClFNO2S. The molecule has 0 aliphatic rings. The Morgan fingerprint density at radius 3 is 2.69 bits per heavy atom. The van der Waals surface area contributed by atoms with E-state index in [-0.39, 0.29) is 18.7 Å². The average molecular weight is 266 g/mol. The zero-order chi connectivity index (χ0) is 12.2. The van der Waals surface area contributed by atoms with Crippen molar-refractivity contribution in [3.8, 4) is 0 Å². The Labute approximate surface area is 99.7 Å². The fourth-order valence-corrected chi connectivity index (χ4v) is 2.08. The number of nitrogens with one attached hydrogen (secondary N) is 1. The van der Waals surface area contributed by atoms with Gasteiger partial charge in [0, 0.05) is 17.1 Å². The topological polar surface area (TPSA) is 46.2 Å². The van der Waals surface area contributed by atoms with Crippen molar-refractivity contribution in [3.63, 3.8) is 0 Å². The molecule has 1 aromatic rings. The Hall–Kier alpha value is -0.650. The van der Waals surface area contributed by atoms with E-state index < -0.39 is 15.8 Å². The van der Waals surface area contributed by atoms with Crippen molar-refractivity contribution >= 4 is 21.6 Å². The van der Waals surface area contributed by atoms with Crippen molar-refractivity contribution in [2.75, 3.05) is 12.3 Å². The molecule has 1 aromatic carbocycles. The minimum atomic E-state index is -3.23. The van der Waals surface area contributed by atoms with Crippen LogP contribution >= 0.6 is 11.6 Å². The van der Waals surface area contributed by atoms with Gasteiger partial charge in [-0.05, 0) is 25.5 Å². The van der Waals surface area contributed by atoms with E-state index in [1.807, 2.05) is 0 Å². The Kier molecular flexibility index (Phi) is 4.70. The van der Waals surface area contributed by atoms with Crippen LogP contribution in [0.15, 0.2) is 18.2 Å². The number of sulfonamides is 1. The lowest BCUT2D eigenvalue weighted by Gasteiger charge is -2.07. The average Bonchev–Trinajstić information content (AvgIpc) is 2.22. The third kappa shape index (κ3) is 3.73. The van der Waals surface area contributed by atoms with Gasteiger partial charge in [-0.2, -0.15) is 0 Å². The molecule has 0 saturated heterocycles. The van der Waals surface area contributed by atoms with Gasteiger partial charge in [0.2, 0.25) is 10.0 Å². The Balaban J connectivity index is 2.62. The number of benzene rings is 1. The molecule has 0 saturated carbocycles. The summed E-state index contributed by atoms with van der Waals surface area (Å²) in [5.74, 6) is -0.402. The van der Waals surface area contributed by atoms with Crippen molar-refractivity contribution in [2.24, 2.45) is 0 Å². The first-order chi connectivity index (χ1) is 7.46. The van der Waals surface area contributed by atoms with E-state index in [1.54, 1.807) is 13.0 Å². The lowest BCUT2D eigenvalue weighted by atomic mass is 10.1. The van der Waals surface area contributed by atoms with Crippen molar-refractivity contribution in [1.29, 1.82) is 0 Å². The lowest BCUT2D eigenvalue weighted by molar-refractivity contribution is 0.578. The molecule has 0 unspecified atom stereocenters.